The Hall–Kier alpha value is -1.40. The Balaban J connectivity index is 1.80. The first kappa shape index (κ1) is 16.0. The molecule has 21 heavy (non-hydrogen) atoms. The van der Waals surface area contributed by atoms with Crippen LogP contribution < -0.4 is 5.32 Å². The lowest BCUT2D eigenvalue weighted by molar-refractivity contribution is -0.116. The number of nitrogens with zero attached hydrogens (tertiary/aromatic N) is 1. The average Bonchev–Trinajstić information content (AvgIpc) is 2.79. The van der Waals surface area contributed by atoms with Crippen LogP contribution in [0.5, 0.6) is 0 Å². The van der Waals surface area contributed by atoms with E-state index in [-0.39, 0.29) is 23.5 Å². The molecule has 6 heteroatoms. The molecule has 0 spiro atoms. The molecule has 1 aliphatic rings. The van der Waals surface area contributed by atoms with Gasteiger partial charge in [-0.1, -0.05) is 18.2 Å². The summed E-state index contributed by atoms with van der Waals surface area (Å²) in [6.07, 6.45) is 1.03. The molecular weight excluding hydrogens is 288 g/mol. The van der Waals surface area contributed by atoms with Gasteiger partial charge in [-0.05, 0) is 32.0 Å². The van der Waals surface area contributed by atoms with Gasteiger partial charge in [0.25, 0.3) is 0 Å². The van der Waals surface area contributed by atoms with E-state index >= 15 is 0 Å². The second kappa shape index (κ2) is 6.58. The van der Waals surface area contributed by atoms with Crippen LogP contribution in [-0.4, -0.2) is 50.4 Å². The molecular formula is C15H22N2O3S. The minimum atomic E-state index is -2.88. The molecule has 0 aliphatic carbocycles. The van der Waals surface area contributed by atoms with Gasteiger partial charge in [0.15, 0.2) is 9.84 Å². The number of anilines is 1. The highest BCUT2D eigenvalue weighted by molar-refractivity contribution is 7.91. The summed E-state index contributed by atoms with van der Waals surface area (Å²) in [6, 6.07) is 7.68. The molecule has 2 rings (SSSR count). The summed E-state index contributed by atoms with van der Waals surface area (Å²) in [5, 5.41) is 2.89. The summed E-state index contributed by atoms with van der Waals surface area (Å²) in [7, 11) is -0.994. The Morgan fingerprint density at radius 3 is 2.71 bits per heavy atom. The first-order chi connectivity index (χ1) is 9.87. The van der Waals surface area contributed by atoms with Gasteiger partial charge in [0.1, 0.15) is 0 Å². The third kappa shape index (κ3) is 4.54. The van der Waals surface area contributed by atoms with Crippen LogP contribution in [0.3, 0.4) is 0 Å². The molecule has 1 amide bonds. The molecule has 1 heterocycles. The quantitative estimate of drug-likeness (QED) is 0.894. The van der Waals surface area contributed by atoms with Gasteiger partial charge in [-0.25, -0.2) is 8.42 Å². The van der Waals surface area contributed by atoms with Gasteiger partial charge in [0.05, 0.1) is 11.5 Å². The van der Waals surface area contributed by atoms with Crippen molar-refractivity contribution in [1.29, 1.82) is 0 Å². The smallest absolute Gasteiger partial charge is 0.225 e. The lowest BCUT2D eigenvalue weighted by Gasteiger charge is -2.22. The van der Waals surface area contributed by atoms with E-state index in [9.17, 15) is 13.2 Å². The number of hydrogen-bond acceptors (Lipinski definition) is 4. The Morgan fingerprint density at radius 1 is 1.38 bits per heavy atom. The van der Waals surface area contributed by atoms with Crippen LogP contribution in [0.2, 0.25) is 0 Å². The maximum absolute atomic E-state index is 12.0. The molecule has 1 fully saturated rings. The normalized spacial score (nSPS) is 20.6. The Labute approximate surface area is 126 Å². The lowest BCUT2D eigenvalue weighted by Crippen LogP contribution is -2.35. The van der Waals surface area contributed by atoms with E-state index in [1.165, 1.54) is 0 Å². The zero-order chi connectivity index (χ0) is 15.5. The Morgan fingerprint density at radius 2 is 2.10 bits per heavy atom. The average molecular weight is 310 g/mol. The maximum Gasteiger partial charge on any atom is 0.225 e. The maximum atomic E-state index is 12.0. The second-order valence-corrected chi connectivity index (χ2v) is 7.88. The number of hydrogen-bond donors (Lipinski definition) is 1. The molecule has 1 aromatic rings. The molecule has 116 valence electrons. The number of benzene rings is 1. The molecule has 1 atom stereocenters. The molecule has 0 aromatic heterocycles. The van der Waals surface area contributed by atoms with E-state index in [0.29, 0.717) is 19.4 Å². The minimum Gasteiger partial charge on any atom is -0.326 e. The summed E-state index contributed by atoms with van der Waals surface area (Å²) in [5.41, 5.74) is 1.86. The number of carbonyl (C=O) groups is 1. The van der Waals surface area contributed by atoms with Crippen LogP contribution in [-0.2, 0) is 14.6 Å². The summed E-state index contributed by atoms with van der Waals surface area (Å²) in [5.74, 6) is 0.428. The SMILES string of the molecule is Cc1ccccc1NC(=O)CCN(C)C1CCS(=O)(=O)C1. The molecule has 1 aromatic carbocycles. The third-order valence-corrected chi connectivity index (χ3v) is 5.69. The van der Waals surface area contributed by atoms with Gasteiger partial charge in [0.2, 0.25) is 5.91 Å². The summed E-state index contributed by atoms with van der Waals surface area (Å²) >= 11 is 0. The van der Waals surface area contributed by atoms with Crippen LogP contribution in [0, 0.1) is 6.92 Å². The van der Waals surface area contributed by atoms with Gasteiger partial charge < -0.3 is 10.2 Å². The van der Waals surface area contributed by atoms with Crippen molar-refractivity contribution in [1.82, 2.24) is 4.90 Å². The van der Waals surface area contributed by atoms with E-state index in [4.69, 9.17) is 0 Å². The number of para-hydroxylation sites is 1. The van der Waals surface area contributed by atoms with Crippen molar-refractivity contribution >= 4 is 21.4 Å². The van der Waals surface area contributed by atoms with Crippen molar-refractivity contribution in [2.75, 3.05) is 30.4 Å². The Bertz CT molecular complexity index is 613. The molecule has 0 saturated carbocycles. The monoisotopic (exact) mass is 310 g/mol. The number of carbonyl (C=O) groups excluding carboxylic acids is 1. The molecule has 5 nitrogen and oxygen atoms in total. The van der Waals surface area contributed by atoms with Crippen molar-refractivity contribution < 1.29 is 13.2 Å². The zero-order valence-corrected chi connectivity index (χ0v) is 13.3. The van der Waals surface area contributed by atoms with Crippen molar-refractivity contribution in [2.24, 2.45) is 0 Å². The highest BCUT2D eigenvalue weighted by Crippen LogP contribution is 2.17. The van der Waals surface area contributed by atoms with Crippen molar-refractivity contribution in [2.45, 2.75) is 25.8 Å². The predicted octanol–water partition coefficient (Wildman–Crippen LogP) is 1.44. The van der Waals surface area contributed by atoms with Crippen LogP contribution in [0.15, 0.2) is 24.3 Å². The fourth-order valence-electron chi connectivity index (χ4n) is 2.51. The third-order valence-electron chi connectivity index (χ3n) is 3.94. The van der Waals surface area contributed by atoms with Crippen molar-refractivity contribution in [3.8, 4) is 0 Å². The number of aryl methyl sites for hydroxylation is 1. The topological polar surface area (TPSA) is 66.5 Å². The molecule has 0 bridgehead atoms. The highest BCUT2D eigenvalue weighted by Gasteiger charge is 2.30. The number of rotatable bonds is 5. The van der Waals surface area contributed by atoms with Gasteiger partial charge in [-0.2, -0.15) is 0 Å². The van der Waals surface area contributed by atoms with E-state index in [1.54, 1.807) is 0 Å². The summed E-state index contributed by atoms with van der Waals surface area (Å²) < 4.78 is 22.9. The van der Waals surface area contributed by atoms with Crippen LogP contribution in [0.4, 0.5) is 5.69 Å². The molecule has 1 N–H and O–H groups in total. The first-order valence-electron chi connectivity index (χ1n) is 7.13. The van der Waals surface area contributed by atoms with Gasteiger partial charge >= 0.3 is 0 Å². The Kier molecular flexibility index (Phi) is 5.00. The van der Waals surface area contributed by atoms with E-state index in [1.807, 2.05) is 43.1 Å². The minimum absolute atomic E-state index is 0.0428. The molecule has 0 radical (unpaired) electrons. The number of nitrogens with one attached hydrogen (secondary N) is 1. The van der Waals surface area contributed by atoms with Gasteiger partial charge in [0, 0.05) is 24.7 Å². The fourth-order valence-corrected chi connectivity index (χ4v) is 4.31. The van der Waals surface area contributed by atoms with Gasteiger partial charge in [-0.15, -0.1) is 0 Å². The lowest BCUT2D eigenvalue weighted by atomic mass is 10.2. The molecule has 1 aliphatic heterocycles. The van der Waals surface area contributed by atoms with E-state index in [0.717, 1.165) is 11.3 Å². The molecule has 1 saturated heterocycles. The highest BCUT2D eigenvalue weighted by atomic mass is 32.2. The van der Waals surface area contributed by atoms with Crippen LogP contribution in [0.1, 0.15) is 18.4 Å². The van der Waals surface area contributed by atoms with Gasteiger partial charge in [-0.3, -0.25) is 4.79 Å². The van der Waals surface area contributed by atoms with Crippen LogP contribution >= 0.6 is 0 Å². The predicted molar refractivity (Wildman–Crippen MR) is 84.1 cm³/mol. The summed E-state index contributed by atoms with van der Waals surface area (Å²) in [6.45, 7) is 2.52. The molecule has 1 unspecified atom stereocenters. The van der Waals surface area contributed by atoms with Crippen molar-refractivity contribution in [3.63, 3.8) is 0 Å². The number of sulfone groups is 1. The number of amides is 1. The zero-order valence-electron chi connectivity index (χ0n) is 12.5. The first-order valence-corrected chi connectivity index (χ1v) is 8.96. The van der Waals surface area contributed by atoms with Crippen LogP contribution in [0.25, 0.3) is 0 Å². The summed E-state index contributed by atoms with van der Waals surface area (Å²) in [4.78, 5) is 13.9. The fraction of sp³-hybridized carbons (Fsp3) is 0.533. The standard InChI is InChI=1S/C15H22N2O3S/c1-12-5-3-4-6-14(12)16-15(18)7-9-17(2)13-8-10-21(19,20)11-13/h3-6,13H,7-11H2,1-2H3,(H,16,18). The van der Waals surface area contributed by atoms with E-state index in [2.05, 4.69) is 5.32 Å². The van der Waals surface area contributed by atoms with E-state index < -0.39 is 9.84 Å². The largest absolute Gasteiger partial charge is 0.326 e. The van der Waals surface area contributed by atoms with Crippen molar-refractivity contribution in [3.05, 3.63) is 29.8 Å². The second-order valence-electron chi connectivity index (χ2n) is 5.65.